The molecular weight excluding hydrogens is 348 g/mol. The molecule has 0 aliphatic heterocycles. The van der Waals surface area contributed by atoms with Gasteiger partial charge in [-0.15, -0.1) is 0 Å². The number of anilines is 1. The zero-order chi connectivity index (χ0) is 19.4. The van der Waals surface area contributed by atoms with Crippen LogP contribution in [0.1, 0.15) is 31.9 Å². The van der Waals surface area contributed by atoms with E-state index in [9.17, 15) is 13.2 Å². The minimum absolute atomic E-state index is 0.250. The molecule has 0 aromatic heterocycles. The molecule has 2 rings (SSSR count). The molecule has 0 atom stereocenters. The monoisotopic (exact) mass is 374 g/mol. The van der Waals surface area contributed by atoms with Crippen LogP contribution in [-0.2, 0) is 26.8 Å². The molecule has 5 nitrogen and oxygen atoms in total. The van der Waals surface area contributed by atoms with E-state index in [0.29, 0.717) is 12.2 Å². The highest BCUT2D eigenvalue weighted by molar-refractivity contribution is 7.92. The summed E-state index contributed by atoms with van der Waals surface area (Å²) in [4.78, 5) is 12.4. The molecule has 0 spiro atoms. The number of rotatable bonds is 6. The Balaban J connectivity index is 2.23. The summed E-state index contributed by atoms with van der Waals surface area (Å²) in [5, 5.41) is 2.78. The van der Waals surface area contributed by atoms with Gasteiger partial charge in [-0.05, 0) is 22.6 Å². The Morgan fingerprint density at radius 1 is 1.00 bits per heavy atom. The van der Waals surface area contributed by atoms with Crippen LogP contribution >= 0.6 is 0 Å². The summed E-state index contributed by atoms with van der Waals surface area (Å²) in [6, 6.07) is 16.8. The van der Waals surface area contributed by atoms with E-state index in [1.54, 1.807) is 12.1 Å². The molecule has 0 aliphatic rings. The van der Waals surface area contributed by atoms with Crippen LogP contribution in [0.15, 0.2) is 54.6 Å². The van der Waals surface area contributed by atoms with Gasteiger partial charge in [0.25, 0.3) is 0 Å². The van der Waals surface area contributed by atoms with Gasteiger partial charge in [-0.1, -0.05) is 69.3 Å². The van der Waals surface area contributed by atoms with Crippen molar-refractivity contribution in [2.24, 2.45) is 0 Å². The number of hydrogen-bond acceptors (Lipinski definition) is 3. The highest BCUT2D eigenvalue weighted by atomic mass is 32.2. The lowest BCUT2D eigenvalue weighted by Gasteiger charge is -2.29. The first-order valence-corrected chi connectivity index (χ1v) is 10.3. The van der Waals surface area contributed by atoms with Gasteiger partial charge < -0.3 is 5.32 Å². The molecule has 0 bridgehead atoms. The molecule has 2 aromatic rings. The number of nitrogens with zero attached hydrogens (tertiary/aromatic N) is 1. The fraction of sp³-hybridized carbons (Fsp3) is 0.350. The fourth-order valence-electron chi connectivity index (χ4n) is 2.69. The first-order chi connectivity index (χ1) is 12.1. The van der Waals surface area contributed by atoms with Crippen LogP contribution in [0, 0.1) is 0 Å². The second kappa shape index (κ2) is 7.91. The molecule has 0 radical (unpaired) electrons. The number of nitrogens with one attached hydrogen (secondary N) is 1. The lowest BCUT2D eigenvalue weighted by Crippen LogP contribution is -2.41. The maximum atomic E-state index is 12.4. The van der Waals surface area contributed by atoms with Crippen molar-refractivity contribution < 1.29 is 13.2 Å². The standard InChI is InChI=1S/C20H26N2O3S/c1-20(2,3)17-12-8-9-13-18(17)22(26(4,24)25)15-19(23)21-14-16-10-6-5-7-11-16/h5-13H,14-15H2,1-4H3,(H,21,23). The lowest BCUT2D eigenvalue weighted by molar-refractivity contribution is -0.119. The number of sulfonamides is 1. The van der Waals surface area contributed by atoms with Crippen LogP contribution < -0.4 is 9.62 Å². The van der Waals surface area contributed by atoms with Gasteiger partial charge in [-0.3, -0.25) is 9.10 Å². The molecule has 0 fully saturated rings. The van der Waals surface area contributed by atoms with Crippen LogP contribution in [0.5, 0.6) is 0 Å². The minimum Gasteiger partial charge on any atom is -0.350 e. The summed E-state index contributed by atoms with van der Waals surface area (Å²) in [6.07, 6.45) is 1.12. The third kappa shape index (κ3) is 5.33. The van der Waals surface area contributed by atoms with Gasteiger partial charge in [0.15, 0.2) is 0 Å². The summed E-state index contributed by atoms with van der Waals surface area (Å²) in [5.41, 5.74) is 2.13. The molecule has 2 aromatic carbocycles. The largest absolute Gasteiger partial charge is 0.350 e. The SMILES string of the molecule is CC(C)(C)c1ccccc1N(CC(=O)NCc1ccccc1)S(C)(=O)=O. The molecule has 0 aliphatic carbocycles. The number of amides is 1. The lowest BCUT2D eigenvalue weighted by atomic mass is 9.86. The number of benzene rings is 2. The Morgan fingerprint density at radius 3 is 2.15 bits per heavy atom. The van der Waals surface area contributed by atoms with Gasteiger partial charge in [0.1, 0.15) is 6.54 Å². The summed E-state index contributed by atoms with van der Waals surface area (Å²) >= 11 is 0. The van der Waals surface area contributed by atoms with Gasteiger partial charge in [-0.2, -0.15) is 0 Å². The molecule has 0 heterocycles. The molecule has 0 saturated carbocycles. The van der Waals surface area contributed by atoms with Crippen molar-refractivity contribution in [3.63, 3.8) is 0 Å². The summed E-state index contributed by atoms with van der Waals surface area (Å²) < 4.78 is 25.9. The van der Waals surface area contributed by atoms with Crippen LogP contribution in [0.4, 0.5) is 5.69 Å². The Hall–Kier alpha value is -2.34. The Morgan fingerprint density at radius 2 is 1.58 bits per heavy atom. The van der Waals surface area contributed by atoms with E-state index in [-0.39, 0.29) is 17.9 Å². The second-order valence-electron chi connectivity index (χ2n) is 7.30. The third-order valence-corrected chi connectivity index (χ3v) is 5.13. The van der Waals surface area contributed by atoms with Gasteiger partial charge in [0, 0.05) is 6.54 Å². The molecule has 1 N–H and O–H groups in total. The van der Waals surface area contributed by atoms with Crippen molar-refractivity contribution in [3.05, 3.63) is 65.7 Å². The van der Waals surface area contributed by atoms with Gasteiger partial charge >= 0.3 is 0 Å². The Bertz CT molecular complexity index is 856. The van der Waals surface area contributed by atoms with Crippen LogP contribution in [0.2, 0.25) is 0 Å². The van der Waals surface area contributed by atoms with Crippen molar-refractivity contribution in [3.8, 4) is 0 Å². The molecule has 0 saturated heterocycles. The first-order valence-electron chi connectivity index (χ1n) is 8.47. The van der Waals surface area contributed by atoms with E-state index in [0.717, 1.165) is 17.4 Å². The highest BCUT2D eigenvalue weighted by Gasteiger charge is 2.27. The quantitative estimate of drug-likeness (QED) is 0.845. The molecule has 26 heavy (non-hydrogen) atoms. The van der Waals surface area contributed by atoms with Crippen molar-refractivity contribution in [2.45, 2.75) is 32.7 Å². The average molecular weight is 375 g/mol. The maximum Gasteiger partial charge on any atom is 0.241 e. The summed E-state index contributed by atoms with van der Waals surface area (Å²) in [6.45, 7) is 6.16. The molecule has 1 amide bonds. The smallest absolute Gasteiger partial charge is 0.241 e. The Labute approximate surface area is 156 Å². The van der Waals surface area contributed by atoms with E-state index in [4.69, 9.17) is 0 Å². The van der Waals surface area contributed by atoms with Gasteiger partial charge in [0.05, 0.1) is 11.9 Å². The minimum atomic E-state index is -3.61. The predicted octanol–water partition coefficient (Wildman–Crippen LogP) is 3.07. The van der Waals surface area contributed by atoms with Crippen LogP contribution in [0.25, 0.3) is 0 Å². The Kier molecular flexibility index (Phi) is 6.08. The number of hydrogen-bond donors (Lipinski definition) is 1. The summed E-state index contributed by atoms with van der Waals surface area (Å²) in [5.74, 6) is -0.344. The van der Waals surface area contributed by atoms with Gasteiger partial charge in [0.2, 0.25) is 15.9 Å². The number of carbonyl (C=O) groups excluding carboxylic acids is 1. The average Bonchev–Trinajstić information content (AvgIpc) is 2.57. The number of para-hydroxylation sites is 1. The fourth-order valence-corrected chi connectivity index (χ4v) is 3.56. The molecule has 140 valence electrons. The maximum absolute atomic E-state index is 12.4. The van der Waals surface area contributed by atoms with Crippen molar-refractivity contribution >= 4 is 21.6 Å². The van der Waals surface area contributed by atoms with E-state index >= 15 is 0 Å². The zero-order valence-corrected chi connectivity index (χ0v) is 16.5. The predicted molar refractivity (Wildman–Crippen MR) is 106 cm³/mol. The van der Waals surface area contributed by atoms with E-state index in [1.807, 2.05) is 63.2 Å². The summed E-state index contributed by atoms with van der Waals surface area (Å²) in [7, 11) is -3.61. The highest BCUT2D eigenvalue weighted by Crippen LogP contribution is 2.32. The topological polar surface area (TPSA) is 66.5 Å². The van der Waals surface area contributed by atoms with Gasteiger partial charge in [-0.25, -0.2) is 8.42 Å². The zero-order valence-electron chi connectivity index (χ0n) is 15.7. The normalized spacial score (nSPS) is 11.8. The second-order valence-corrected chi connectivity index (χ2v) is 9.21. The first kappa shape index (κ1) is 20.0. The van der Waals surface area contributed by atoms with E-state index < -0.39 is 10.0 Å². The van der Waals surface area contributed by atoms with Crippen molar-refractivity contribution in [2.75, 3.05) is 17.1 Å². The molecular formula is C20H26N2O3S. The molecule has 0 unspecified atom stereocenters. The number of carbonyl (C=O) groups is 1. The van der Waals surface area contributed by atoms with E-state index in [1.165, 1.54) is 4.31 Å². The third-order valence-electron chi connectivity index (χ3n) is 4.00. The van der Waals surface area contributed by atoms with Crippen LogP contribution in [-0.4, -0.2) is 27.1 Å². The molecule has 6 heteroatoms. The van der Waals surface area contributed by atoms with Crippen molar-refractivity contribution in [1.82, 2.24) is 5.32 Å². The van der Waals surface area contributed by atoms with Crippen LogP contribution in [0.3, 0.4) is 0 Å². The van der Waals surface area contributed by atoms with E-state index in [2.05, 4.69) is 5.32 Å². The van der Waals surface area contributed by atoms with Crippen molar-refractivity contribution in [1.29, 1.82) is 0 Å².